The maximum Gasteiger partial charge on any atom is 0.305 e. The molecule has 0 amide bonds. The van der Waals surface area contributed by atoms with Crippen LogP contribution < -0.4 is 0 Å². The van der Waals surface area contributed by atoms with E-state index in [1.54, 1.807) is 11.8 Å². The lowest BCUT2D eigenvalue weighted by Gasteiger charge is -2.05. The standard InChI is InChI=1S/C7H14O2S/c1-6(10-3)4-5-7(8)9-2/h6H,4-5H2,1-3H3. The van der Waals surface area contributed by atoms with Gasteiger partial charge in [0.05, 0.1) is 7.11 Å². The van der Waals surface area contributed by atoms with Crippen molar-refractivity contribution >= 4 is 17.7 Å². The summed E-state index contributed by atoms with van der Waals surface area (Å²) in [5, 5.41) is 0.555. The first-order chi connectivity index (χ1) is 4.70. The van der Waals surface area contributed by atoms with Crippen LogP contribution in [0.2, 0.25) is 0 Å². The molecular formula is C7H14O2S. The Bertz CT molecular complexity index is 104. The average molecular weight is 162 g/mol. The van der Waals surface area contributed by atoms with Crippen LogP contribution in [0.15, 0.2) is 0 Å². The summed E-state index contributed by atoms with van der Waals surface area (Å²) in [5.74, 6) is -0.110. The molecule has 0 aromatic heterocycles. The Morgan fingerprint density at radius 2 is 2.30 bits per heavy atom. The largest absolute Gasteiger partial charge is 0.469 e. The van der Waals surface area contributed by atoms with Crippen LogP contribution in [0.4, 0.5) is 0 Å². The molecule has 60 valence electrons. The highest BCUT2D eigenvalue weighted by molar-refractivity contribution is 7.99. The van der Waals surface area contributed by atoms with Gasteiger partial charge in [-0.25, -0.2) is 0 Å². The van der Waals surface area contributed by atoms with Gasteiger partial charge in [-0.1, -0.05) is 6.92 Å². The molecule has 0 rings (SSSR count). The van der Waals surface area contributed by atoms with Crippen LogP contribution in [0.5, 0.6) is 0 Å². The molecule has 0 aromatic rings. The summed E-state index contributed by atoms with van der Waals surface area (Å²) in [4.78, 5) is 10.6. The zero-order valence-corrected chi connectivity index (χ0v) is 7.53. The molecule has 0 saturated carbocycles. The Labute approximate surface area is 66.3 Å². The fourth-order valence-corrected chi connectivity index (χ4v) is 0.895. The Hall–Kier alpha value is -0.180. The van der Waals surface area contributed by atoms with E-state index in [1.165, 1.54) is 7.11 Å². The SMILES string of the molecule is COC(=O)CCC(C)SC. The first-order valence-electron chi connectivity index (χ1n) is 3.30. The maximum absolute atomic E-state index is 10.6. The monoisotopic (exact) mass is 162 g/mol. The minimum absolute atomic E-state index is 0.110. The van der Waals surface area contributed by atoms with E-state index < -0.39 is 0 Å². The molecule has 0 aliphatic rings. The Kier molecular flexibility index (Phi) is 5.49. The predicted octanol–water partition coefficient (Wildman–Crippen LogP) is 1.69. The number of carbonyl (C=O) groups excluding carboxylic acids is 1. The van der Waals surface area contributed by atoms with Gasteiger partial charge in [-0.3, -0.25) is 4.79 Å². The second-order valence-electron chi connectivity index (χ2n) is 2.16. The molecule has 0 aromatic carbocycles. The molecule has 1 atom stereocenters. The first-order valence-corrected chi connectivity index (χ1v) is 4.59. The van der Waals surface area contributed by atoms with E-state index in [0.29, 0.717) is 11.7 Å². The summed E-state index contributed by atoms with van der Waals surface area (Å²) in [6.07, 6.45) is 3.49. The number of esters is 1. The third-order valence-electron chi connectivity index (χ3n) is 1.39. The Morgan fingerprint density at radius 3 is 2.70 bits per heavy atom. The molecule has 0 fully saturated rings. The van der Waals surface area contributed by atoms with Crippen molar-refractivity contribution in [2.45, 2.75) is 25.0 Å². The molecule has 0 spiro atoms. The maximum atomic E-state index is 10.6. The molecule has 0 N–H and O–H groups in total. The molecule has 0 aliphatic carbocycles. The third kappa shape index (κ3) is 4.68. The summed E-state index contributed by atoms with van der Waals surface area (Å²) in [5.41, 5.74) is 0. The van der Waals surface area contributed by atoms with Crippen molar-refractivity contribution in [3.05, 3.63) is 0 Å². The Balaban J connectivity index is 3.26. The van der Waals surface area contributed by atoms with E-state index in [2.05, 4.69) is 11.7 Å². The molecule has 10 heavy (non-hydrogen) atoms. The van der Waals surface area contributed by atoms with Gasteiger partial charge in [-0.05, 0) is 12.7 Å². The lowest BCUT2D eigenvalue weighted by Crippen LogP contribution is -2.04. The lowest BCUT2D eigenvalue weighted by atomic mass is 10.2. The fourth-order valence-electron chi connectivity index (χ4n) is 0.541. The summed E-state index contributed by atoms with van der Waals surface area (Å²) in [6.45, 7) is 2.10. The molecular weight excluding hydrogens is 148 g/mol. The van der Waals surface area contributed by atoms with Gasteiger partial charge >= 0.3 is 5.97 Å². The fraction of sp³-hybridized carbons (Fsp3) is 0.857. The van der Waals surface area contributed by atoms with Crippen molar-refractivity contribution < 1.29 is 9.53 Å². The van der Waals surface area contributed by atoms with Crippen LogP contribution in [0.1, 0.15) is 19.8 Å². The van der Waals surface area contributed by atoms with Gasteiger partial charge < -0.3 is 4.74 Å². The van der Waals surface area contributed by atoms with Crippen LogP contribution in [-0.2, 0) is 9.53 Å². The van der Waals surface area contributed by atoms with Crippen LogP contribution in [0, 0.1) is 0 Å². The average Bonchev–Trinajstić information content (AvgIpc) is 1.99. The second-order valence-corrected chi connectivity index (χ2v) is 3.44. The number of thioether (sulfide) groups is 1. The van der Waals surface area contributed by atoms with E-state index >= 15 is 0 Å². The van der Waals surface area contributed by atoms with Gasteiger partial charge in [0.1, 0.15) is 0 Å². The molecule has 1 unspecified atom stereocenters. The number of rotatable bonds is 4. The van der Waals surface area contributed by atoms with Gasteiger partial charge in [-0.15, -0.1) is 0 Å². The van der Waals surface area contributed by atoms with Crippen LogP contribution in [0.25, 0.3) is 0 Å². The topological polar surface area (TPSA) is 26.3 Å². The van der Waals surface area contributed by atoms with Crippen LogP contribution in [0.3, 0.4) is 0 Å². The van der Waals surface area contributed by atoms with Crippen molar-refractivity contribution in [1.82, 2.24) is 0 Å². The van der Waals surface area contributed by atoms with Crippen molar-refractivity contribution in [3.63, 3.8) is 0 Å². The highest BCUT2D eigenvalue weighted by Crippen LogP contribution is 2.11. The van der Waals surface area contributed by atoms with Gasteiger partial charge in [0.15, 0.2) is 0 Å². The normalized spacial score (nSPS) is 12.7. The second kappa shape index (κ2) is 5.59. The molecule has 0 saturated heterocycles. The Morgan fingerprint density at radius 1 is 1.70 bits per heavy atom. The zero-order valence-electron chi connectivity index (χ0n) is 6.72. The highest BCUT2D eigenvalue weighted by atomic mass is 32.2. The molecule has 0 bridgehead atoms. The first kappa shape index (κ1) is 9.82. The van der Waals surface area contributed by atoms with E-state index in [-0.39, 0.29) is 5.97 Å². The van der Waals surface area contributed by atoms with Crippen molar-refractivity contribution in [1.29, 1.82) is 0 Å². The number of carbonyl (C=O) groups is 1. The van der Waals surface area contributed by atoms with Gasteiger partial charge in [0.2, 0.25) is 0 Å². The van der Waals surface area contributed by atoms with Crippen LogP contribution in [-0.4, -0.2) is 24.6 Å². The third-order valence-corrected chi connectivity index (χ3v) is 2.43. The number of ether oxygens (including phenoxy) is 1. The van der Waals surface area contributed by atoms with E-state index in [9.17, 15) is 4.79 Å². The van der Waals surface area contributed by atoms with Crippen LogP contribution >= 0.6 is 11.8 Å². The van der Waals surface area contributed by atoms with E-state index in [4.69, 9.17) is 0 Å². The van der Waals surface area contributed by atoms with Crippen molar-refractivity contribution in [2.24, 2.45) is 0 Å². The van der Waals surface area contributed by atoms with Crippen molar-refractivity contribution in [2.75, 3.05) is 13.4 Å². The smallest absolute Gasteiger partial charge is 0.305 e. The van der Waals surface area contributed by atoms with Gasteiger partial charge in [0.25, 0.3) is 0 Å². The van der Waals surface area contributed by atoms with Crippen molar-refractivity contribution in [3.8, 4) is 0 Å². The van der Waals surface area contributed by atoms with Gasteiger partial charge in [-0.2, -0.15) is 11.8 Å². The highest BCUT2D eigenvalue weighted by Gasteiger charge is 2.03. The number of methoxy groups -OCH3 is 1. The summed E-state index contributed by atoms with van der Waals surface area (Å²) in [7, 11) is 1.42. The summed E-state index contributed by atoms with van der Waals surface area (Å²) >= 11 is 1.77. The van der Waals surface area contributed by atoms with Gasteiger partial charge in [0, 0.05) is 11.7 Å². The predicted molar refractivity (Wildman–Crippen MR) is 44.2 cm³/mol. The van der Waals surface area contributed by atoms with E-state index in [0.717, 1.165) is 6.42 Å². The molecule has 0 aliphatic heterocycles. The van der Waals surface area contributed by atoms with E-state index in [1.807, 2.05) is 6.26 Å². The minimum Gasteiger partial charge on any atom is -0.469 e. The quantitative estimate of drug-likeness (QED) is 0.588. The number of hydrogen-bond donors (Lipinski definition) is 0. The summed E-state index contributed by atoms with van der Waals surface area (Å²) < 4.78 is 4.50. The summed E-state index contributed by atoms with van der Waals surface area (Å²) in [6, 6.07) is 0. The molecule has 3 heteroatoms. The molecule has 2 nitrogen and oxygen atoms in total. The molecule has 0 radical (unpaired) electrons. The zero-order chi connectivity index (χ0) is 7.98. The lowest BCUT2D eigenvalue weighted by molar-refractivity contribution is -0.140. The molecule has 0 heterocycles. The minimum atomic E-state index is -0.110. The number of hydrogen-bond acceptors (Lipinski definition) is 3.